The normalized spacial score (nSPS) is 11.1. The maximum Gasteiger partial charge on any atom is 0.264 e. The number of ether oxygens (including phenoxy) is 3. The number of rotatable bonds is 10. The molecule has 0 saturated heterocycles. The summed E-state index contributed by atoms with van der Waals surface area (Å²) in [5.41, 5.74) is 0.855. The molecule has 0 spiro atoms. The minimum absolute atomic E-state index is 0.0300. The molecule has 0 aliphatic heterocycles. The van der Waals surface area contributed by atoms with Gasteiger partial charge < -0.3 is 19.1 Å². The fourth-order valence-electron chi connectivity index (χ4n) is 3.40. The van der Waals surface area contributed by atoms with Crippen LogP contribution in [0.25, 0.3) is 0 Å². The van der Waals surface area contributed by atoms with E-state index in [9.17, 15) is 17.6 Å². The van der Waals surface area contributed by atoms with E-state index in [1.54, 1.807) is 38.4 Å². The summed E-state index contributed by atoms with van der Waals surface area (Å²) in [7, 11) is 1.62. The largest absolute Gasteiger partial charge is 0.497 e. The maximum absolute atomic E-state index is 13.8. The second-order valence-electron chi connectivity index (χ2n) is 7.72. The Morgan fingerprint density at radius 1 is 0.917 bits per heavy atom. The predicted molar refractivity (Wildman–Crippen MR) is 135 cm³/mol. The number of hydrogen-bond acceptors (Lipinski definition) is 6. The van der Waals surface area contributed by atoms with Crippen molar-refractivity contribution in [3.05, 3.63) is 77.1 Å². The zero-order valence-corrected chi connectivity index (χ0v) is 21.8. The van der Waals surface area contributed by atoms with E-state index in [-0.39, 0.29) is 27.9 Å². The second kappa shape index (κ2) is 11.5. The van der Waals surface area contributed by atoms with Crippen LogP contribution in [0.4, 0.5) is 10.1 Å². The molecule has 0 N–H and O–H groups in total. The number of halogens is 2. The topological polar surface area (TPSA) is 85.4 Å². The number of methoxy groups -OCH3 is 3. The number of carbonyl (C=O) groups excluding carboxylic acids is 1. The highest BCUT2D eigenvalue weighted by Gasteiger charge is 2.30. The minimum Gasteiger partial charge on any atom is -0.497 e. The van der Waals surface area contributed by atoms with Gasteiger partial charge in [0.1, 0.15) is 18.1 Å². The van der Waals surface area contributed by atoms with E-state index in [4.69, 9.17) is 25.8 Å². The molecule has 192 valence electrons. The quantitative estimate of drug-likeness (QED) is 0.383. The van der Waals surface area contributed by atoms with E-state index in [0.29, 0.717) is 11.5 Å². The van der Waals surface area contributed by atoms with Crippen molar-refractivity contribution in [2.45, 2.75) is 11.4 Å². The second-order valence-corrected chi connectivity index (χ2v) is 9.99. The standard InChI is InChI=1S/C25H26ClFN2O6S/c1-28(15-17-5-8-19(33-2)9-6-17)25(30)16-29(18-7-11-22(27)21(26)13-18)36(31,32)20-10-12-23(34-3)24(14-20)35-4/h5-14H,15-16H2,1-4H3. The van der Waals surface area contributed by atoms with Crippen LogP contribution in [0.15, 0.2) is 65.6 Å². The Kier molecular flexibility index (Phi) is 8.65. The summed E-state index contributed by atoms with van der Waals surface area (Å²) < 4.78 is 57.7. The molecule has 3 rings (SSSR count). The lowest BCUT2D eigenvalue weighted by molar-refractivity contribution is -0.128. The first-order chi connectivity index (χ1) is 17.1. The molecule has 11 heteroatoms. The van der Waals surface area contributed by atoms with Crippen LogP contribution >= 0.6 is 11.6 Å². The summed E-state index contributed by atoms with van der Waals surface area (Å²) >= 11 is 5.93. The molecule has 0 fully saturated rings. The first-order valence-corrected chi connectivity index (χ1v) is 12.5. The molecule has 3 aromatic carbocycles. The zero-order chi connectivity index (χ0) is 26.5. The molecule has 0 unspecified atom stereocenters. The van der Waals surface area contributed by atoms with Crippen molar-refractivity contribution in [2.24, 2.45) is 0 Å². The number of hydrogen-bond donors (Lipinski definition) is 0. The number of anilines is 1. The van der Waals surface area contributed by atoms with Crippen LogP contribution in [0.5, 0.6) is 17.2 Å². The van der Waals surface area contributed by atoms with Crippen molar-refractivity contribution < 1.29 is 31.8 Å². The fourth-order valence-corrected chi connectivity index (χ4v) is 4.99. The van der Waals surface area contributed by atoms with Gasteiger partial charge in [-0.25, -0.2) is 12.8 Å². The minimum atomic E-state index is -4.30. The monoisotopic (exact) mass is 536 g/mol. The van der Waals surface area contributed by atoms with E-state index >= 15 is 0 Å². The van der Waals surface area contributed by atoms with E-state index in [2.05, 4.69) is 0 Å². The summed E-state index contributed by atoms with van der Waals surface area (Å²) in [4.78, 5) is 14.4. The molecule has 36 heavy (non-hydrogen) atoms. The van der Waals surface area contributed by atoms with Gasteiger partial charge in [-0.05, 0) is 48.0 Å². The molecule has 0 heterocycles. The Morgan fingerprint density at radius 2 is 1.58 bits per heavy atom. The van der Waals surface area contributed by atoms with Crippen molar-refractivity contribution >= 4 is 33.2 Å². The molecule has 0 bridgehead atoms. The van der Waals surface area contributed by atoms with Gasteiger partial charge in [-0.3, -0.25) is 9.10 Å². The Bertz CT molecular complexity index is 1330. The Hall–Kier alpha value is -3.50. The molecule has 0 aromatic heterocycles. The van der Waals surface area contributed by atoms with E-state index in [1.165, 1.54) is 43.4 Å². The van der Waals surface area contributed by atoms with Gasteiger partial charge in [0.25, 0.3) is 10.0 Å². The highest BCUT2D eigenvalue weighted by atomic mass is 35.5. The summed E-state index contributed by atoms with van der Waals surface area (Å²) in [6.07, 6.45) is 0. The maximum atomic E-state index is 13.8. The van der Waals surface area contributed by atoms with Crippen LogP contribution in [-0.2, 0) is 21.4 Å². The van der Waals surface area contributed by atoms with Gasteiger partial charge in [0.05, 0.1) is 36.9 Å². The average Bonchev–Trinajstić information content (AvgIpc) is 2.88. The first kappa shape index (κ1) is 27.1. The first-order valence-electron chi connectivity index (χ1n) is 10.7. The highest BCUT2D eigenvalue weighted by molar-refractivity contribution is 7.92. The summed E-state index contributed by atoms with van der Waals surface area (Å²) in [5, 5.41) is -0.279. The molecule has 0 aliphatic carbocycles. The van der Waals surface area contributed by atoms with E-state index in [1.807, 2.05) is 0 Å². The molecule has 0 saturated carbocycles. The molecule has 0 atom stereocenters. The number of nitrogens with zero attached hydrogens (tertiary/aromatic N) is 2. The third-order valence-corrected chi connectivity index (χ3v) is 7.48. The number of amides is 1. The van der Waals surface area contributed by atoms with Crippen molar-refractivity contribution in [3.8, 4) is 17.2 Å². The van der Waals surface area contributed by atoms with Crippen molar-refractivity contribution in [3.63, 3.8) is 0 Å². The van der Waals surface area contributed by atoms with Gasteiger partial charge in [-0.15, -0.1) is 0 Å². The van der Waals surface area contributed by atoms with Crippen LogP contribution in [-0.4, -0.2) is 54.1 Å². The predicted octanol–water partition coefficient (Wildman–Crippen LogP) is 4.36. The van der Waals surface area contributed by atoms with Gasteiger partial charge in [0, 0.05) is 19.7 Å². The molecular weight excluding hydrogens is 511 g/mol. The van der Waals surface area contributed by atoms with E-state index in [0.717, 1.165) is 22.0 Å². The van der Waals surface area contributed by atoms with Gasteiger partial charge in [0.15, 0.2) is 11.5 Å². The molecular formula is C25H26ClFN2O6S. The molecule has 8 nitrogen and oxygen atoms in total. The fraction of sp³-hybridized carbons (Fsp3) is 0.240. The number of benzene rings is 3. The molecule has 0 aliphatic rings. The van der Waals surface area contributed by atoms with Crippen LogP contribution in [0.3, 0.4) is 0 Å². The van der Waals surface area contributed by atoms with Gasteiger partial charge in [0.2, 0.25) is 5.91 Å². The third kappa shape index (κ3) is 6.00. The van der Waals surface area contributed by atoms with Gasteiger partial charge in [-0.2, -0.15) is 0 Å². The Balaban J connectivity index is 1.96. The van der Waals surface area contributed by atoms with Crippen LogP contribution in [0.1, 0.15) is 5.56 Å². The number of carbonyl (C=O) groups is 1. The summed E-state index contributed by atoms with van der Waals surface area (Å²) in [5.74, 6) is -0.00278. The Labute approximate surface area is 214 Å². The molecule has 1 amide bonds. The van der Waals surface area contributed by atoms with Crippen LogP contribution < -0.4 is 18.5 Å². The smallest absolute Gasteiger partial charge is 0.264 e. The average molecular weight is 537 g/mol. The zero-order valence-electron chi connectivity index (χ0n) is 20.2. The lowest BCUT2D eigenvalue weighted by atomic mass is 10.2. The van der Waals surface area contributed by atoms with Gasteiger partial charge >= 0.3 is 0 Å². The molecule has 3 aromatic rings. The molecule has 0 radical (unpaired) electrons. The van der Waals surface area contributed by atoms with Crippen LogP contribution in [0, 0.1) is 5.82 Å². The summed E-state index contributed by atoms with van der Waals surface area (Å²) in [6.45, 7) is -0.317. The number of sulfonamides is 1. The van der Waals surface area contributed by atoms with Crippen LogP contribution in [0.2, 0.25) is 5.02 Å². The van der Waals surface area contributed by atoms with E-state index < -0.39 is 28.3 Å². The van der Waals surface area contributed by atoms with Crippen molar-refractivity contribution in [1.82, 2.24) is 4.90 Å². The Morgan fingerprint density at radius 3 is 2.17 bits per heavy atom. The van der Waals surface area contributed by atoms with Crippen molar-refractivity contribution in [2.75, 3.05) is 39.2 Å². The van der Waals surface area contributed by atoms with Gasteiger partial charge in [-0.1, -0.05) is 23.7 Å². The lowest BCUT2D eigenvalue weighted by Crippen LogP contribution is -2.41. The van der Waals surface area contributed by atoms with Crippen molar-refractivity contribution in [1.29, 1.82) is 0 Å². The highest BCUT2D eigenvalue weighted by Crippen LogP contribution is 2.33. The lowest BCUT2D eigenvalue weighted by Gasteiger charge is -2.27. The SMILES string of the molecule is COc1ccc(CN(C)C(=O)CN(c2ccc(F)c(Cl)c2)S(=O)(=O)c2ccc(OC)c(OC)c2)cc1. The number of likely N-dealkylation sites (N-methyl/N-ethyl adjacent to an activating group) is 1. The third-order valence-electron chi connectivity index (χ3n) is 5.42. The summed E-state index contributed by atoms with van der Waals surface area (Å²) in [6, 6.07) is 14.7.